The van der Waals surface area contributed by atoms with E-state index >= 15 is 0 Å². The summed E-state index contributed by atoms with van der Waals surface area (Å²) in [5, 5.41) is 7.06. The van der Waals surface area contributed by atoms with Crippen LogP contribution in [0.25, 0.3) is 0 Å². The maximum atomic E-state index is 11.7. The number of nitrogens with two attached hydrogens (primary N) is 1. The van der Waals surface area contributed by atoms with E-state index in [2.05, 4.69) is 9.44 Å². The lowest BCUT2D eigenvalue weighted by molar-refractivity contribution is 0.204. The molecule has 0 unspecified atom stereocenters. The van der Waals surface area contributed by atoms with Crippen molar-refractivity contribution in [2.45, 2.75) is 0 Å². The predicted octanol–water partition coefficient (Wildman–Crippen LogP) is -0.106. The lowest BCUT2D eigenvalue weighted by Crippen LogP contribution is -2.32. The summed E-state index contributed by atoms with van der Waals surface area (Å²) in [4.78, 5) is 0. The molecular formula is C11H18N4O4S. The standard InChI is InChI=1S/C11H18N4O4S/c1-18-6-5-14-20(16,17)15-9-3-2-4-10(7-9)19-8-11(12)13/h2-4,7,14-15H,5-6,8H2,1H3,(H3,12,13). The molecule has 0 aliphatic heterocycles. The van der Waals surface area contributed by atoms with E-state index in [4.69, 9.17) is 20.6 Å². The molecule has 0 radical (unpaired) electrons. The van der Waals surface area contributed by atoms with Crippen molar-refractivity contribution in [3.05, 3.63) is 24.3 Å². The third-order valence-corrected chi connectivity index (χ3v) is 3.17. The monoisotopic (exact) mass is 302 g/mol. The summed E-state index contributed by atoms with van der Waals surface area (Å²) >= 11 is 0. The first-order valence-electron chi connectivity index (χ1n) is 5.75. The molecule has 8 nitrogen and oxygen atoms in total. The Balaban J connectivity index is 2.63. The number of hydrogen-bond acceptors (Lipinski definition) is 5. The highest BCUT2D eigenvalue weighted by Crippen LogP contribution is 2.17. The zero-order valence-corrected chi connectivity index (χ0v) is 11.9. The summed E-state index contributed by atoms with van der Waals surface area (Å²) in [6, 6.07) is 6.34. The Morgan fingerprint density at radius 3 is 2.85 bits per heavy atom. The van der Waals surface area contributed by atoms with Gasteiger partial charge in [0.05, 0.1) is 12.3 Å². The van der Waals surface area contributed by atoms with Crippen LogP contribution in [0.4, 0.5) is 5.69 Å². The molecule has 20 heavy (non-hydrogen) atoms. The fourth-order valence-corrected chi connectivity index (χ4v) is 2.14. The second-order valence-corrected chi connectivity index (χ2v) is 5.33. The van der Waals surface area contributed by atoms with Crippen molar-refractivity contribution in [3.8, 4) is 5.75 Å². The van der Waals surface area contributed by atoms with Crippen molar-refractivity contribution in [1.29, 1.82) is 5.41 Å². The lowest BCUT2D eigenvalue weighted by atomic mass is 10.3. The van der Waals surface area contributed by atoms with Crippen molar-refractivity contribution in [1.82, 2.24) is 4.72 Å². The minimum Gasteiger partial charge on any atom is -0.486 e. The molecule has 1 aromatic carbocycles. The van der Waals surface area contributed by atoms with Crippen LogP contribution < -0.4 is 19.9 Å². The fraction of sp³-hybridized carbons (Fsp3) is 0.364. The van der Waals surface area contributed by atoms with Crippen molar-refractivity contribution >= 4 is 21.7 Å². The molecule has 0 saturated carbocycles. The summed E-state index contributed by atoms with van der Waals surface area (Å²) in [6.07, 6.45) is 0. The first-order chi connectivity index (χ1) is 9.43. The number of rotatable bonds is 9. The van der Waals surface area contributed by atoms with Gasteiger partial charge in [-0.3, -0.25) is 10.1 Å². The second-order valence-electron chi connectivity index (χ2n) is 3.83. The number of anilines is 1. The summed E-state index contributed by atoms with van der Waals surface area (Å²) in [5.41, 5.74) is 5.52. The zero-order chi connectivity index (χ0) is 15.0. The van der Waals surface area contributed by atoms with Crippen LogP contribution in [0, 0.1) is 5.41 Å². The number of amidine groups is 1. The van der Waals surface area contributed by atoms with Crippen molar-refractivity contribution in [2.75, 3.05) is 31.6 Å². The number of benzene rings is 1. The Bertz CT molecular complexity index is 547. The van der Waals surface area contributed by atoms with E-state index in [-0.39, 0.29) is 25.6 Å². The SMILES string of the molecule is COCCNS(=O)(=O)Nc1cccc(OCC(=N)N)c1. The number of ether oxygens (including phenoxy) is 2. The highest BCUT2D eigenvalue weighted by Gasteiger charge is 2.09. The summed E-state index contributed by atoms with van der Waals surface area (Å²) in [5.74, 6) is 0.300. The van der Waals surface area contributed by atoms with Gasteiger partial charge in [0.15, 0.2) is 0 Å². The molecule has 0 aliphatic rings. The fourth-order valence-electron chi connectivity index (χ4n) is 1.28. The Hall–Kier alpha value is -1.84. The molecule has 0 amide bonds. The molecule has 0 fully saturated rings. The maximum Gasteiger partial charge on any atom is 0.299 e. The van der Waals surface area contributed by atoms with Crippen molar-refractivity contribution < 1.29 is 17.9 Å². The molecule has 0 saturated heterocycles. The van der Waals surface area contributed by atoms with Crippen LogP contribution in [0.2, 0.25) is 0 Å². The first kappa shape index (κ1) is 16.2. The van der Waals surface area contributed by atoms with Gasteiger partial charge in [0.25, 0.3) is 10.2 Å². The van der Waals surface area contributed by atoms with Crippen molar-refractivity contribution in [2.24, 2.45) is 5.73 Å². The quantitative estimate of drug-likeness (QED) is 0.288. The highest BCUT2D eigenvalue weighted by atomic mass is 32.2. The molecule has 0 heterocycles. The topological polar surface area (TPSA) is 127 Å². The third kappa shape index (κ3) is 6.36. The average Bonchev–Trinajstić information content (AvgIpc) is 2.36. The van der Waals surface area contributed by atoms with Gasteiger partial charge in [0.2, 0.25) is 0 Å². The summed E-state index contributed by atoms with van der Waals surface area (Å²) < 4.78 is 38.0. The smallest absolute Gasteiger partial charge is 0.299 e. The normalized spacial score (nSPS) is 11.1. The first-order valence-corrected chi connectivity index (χ1v) is 7.23. The predicted molar refractivity (Wildman–Crippen MR) is 76.3 cm³/mol. The largest absolute Gasteiger partial charge is 0.486 e. The minimum atomic E-state index is -3.66. The van der Waals surface area contributed by atoms with Gasteiger partial charge in [-0.1, -0.05) is 6.07 Å². The van der Waals surface area contributed by atoms with Crippen LogP contribution in [0.3, 0.4) is 0 Å². The zero-order valence-electron chi connectivity index (χ0n) is 11.0. The molecule has 0 aromatic heterocycles. The van der Waals surface area contributed by atoms with Crippen LogP contribution >= 0.6 is 0 Å². The van der Waals surface area contributed by atoms with Crippen LogP contribution in [-0.4, -0.2) is 41.1 Å². The molecule has 0 atom stereocenters. The molecule has 1 rings (SSSR count). The van der Waals surface area contributed by atoms with E-state index in [9.17, 15) is 8.42 Å². The lowest BCUT2D eigenvalue weighted by Gasteiger charge is -2.10. The molecule has 0 bridgehead atoms. The highest BCUT2D eigenvalue weighted by molar-refractivity contribution is 7.90. The van der Waals surface area contributed by atoms with E-state index < -0.39 is 10.2 Å². The van der Waals surface area contributed by atoms with E-state index in [1.807, 2.05) is 0 Å². The molecule has 112 valence electrons. The minimum absolute atomic E-state index is 0.0533. The maximum absolute atomic E-state index is 11.7. The van der Waals surface area contributed by atoms with Crippen LogP contribution in [-0.2, 0) is 14.9 Å². The van der Waals surface area contributed by atoms with Crippen LogP contribution in [0.1, 0.15) is 0 Å². The number of nitrogens with one attached hydrogen (secondary N) is 3. The average molecular weight is 302 g/mol. The number of hydrogen-bond donors (Lipinski definition) is 4. The molecule has 5 N–H and O–H groups in total. The van der Waals surface area contributed by atoms with Gasteiger partial charge in [-0.15, -0.1) is 0 Å². The van der Waals surface area contributed by atoms with Crippen molar-refractivity contribution in [3.63, 3.8) is 0 Å². The van der Waals surface area contributed by atoms with Gasteiger partial charge < -0.3 is 15.2 Å². The van der Waals surface area contributed by atoms with Gasteiger partial charge in [0, 0.05) is 19.7 Å². The third-order valence-electron chi connectivity index (χ3n) is 2.08. The van der Waals surface area contributed by atoms with Gasteiger partial charge in [0.1, 0.15) is 18.2 Å². The van der Waals surface area contributed by atoms with E-state index in [1.165, 1.54) is 13.2 Å². The summed E-state index contributed by atoms with van der Waals surface area (Å²) in [6.45, 7) is 0.400. The molecule has 0 aliphatic carbocycles. The molecular weight excluding hydrogens is 284 g/mol. The molecule has 1 aromatic rings. The van der Waals surface area contributed by atoms with Gasteiger partial charge in [-0.25, -0.2) is 0 Å². The van der Waals surface area contributed by atoms with Gasteiger partial charge >= 0.3 is 0 Å². The van der Waals surface area contributed by atoms with Gasteiger partial charge in [-0.2, -0.15) is 13.1 Å². The Morgan fingerprint density at radius 2 is 2.20 bits per heavy atom. The van der Waals surface area contributed by atoms with Crippen LogP contribution in [0.5, 0.6) is 5.75 Å². The molecule has 9 heteroatoms. The van der Waals surface area contributed by atoms with Gasteiger partial charge in [-0.05, 0) is 12.1 Å². The Labute approximate surface area is 118 Å². The van der Waals surface area contributed by atoms with E-state index in [1.54, 1.807) is 18.2 Å². The Morgan fingerprint density at radius 1 is 1.45 bits per heavy atom. The Kier molecular flexibility index (Phi) is 6.22. The second kappa shape index (κ2) is 7.68. The van der Waals surface area contributed by atoms with Crippen LogP contribution in [0.15, 0.2) is 24.3 Å². The molecule has 0 spiro atoms. The van der Waals surface area contributed by atoms with E-state index in [0.717, 1.165) is 0 Å². The van der Waals surface area contributed by atoms with E-state index in [0.29, 0.717) is 11.4 Å². The summed E-state index contributed by atoms with van der Waals surface area (Å²) in [7, 11) is -2.17. The number of methoxy groups -OCH3 is 1.